The van der Waals surface area contributed by atoms with Crippen molar-refractivity contribution in [3.8, 4) is 5.75 Å². The molecule has 2 aromatic rings. The second kappa shape index (κ2) is 9.79. The van der Waals surface area contributed by atoms with Gasteiger partial charge in [-0.25, -0.2) is 4.98 Å². The van der Waals surface area contributed by atoms with Gasteiger partial charge in [0.25, 0.3) is 5.91 Å². The summed E-state index contributed by atoms with van der Waals surface area (Å²) in [6.45, 7) is 11.4. The van der Waals surface area contributed by atoms with Gasteiger partial charge in [-0.2, -0.15) is 0 Å². The summed E-state index contributed by atoms with van der Waals surface area (Å²) in [6, 6.07) is 7.45. The average molecular weight is 429 g/mol. The number of benzene rings is 1. The number of piperidine rings is 1. The van der Waals surface area contributed by atoms with Gasteiger partial charge in [0.15, 0.2) is 5.13 Å². The van der Waals surface area contributed by atoms with Gasteiger partial charge in [0.1, 0.15) is 5.75 Å². The number of piperazine rings is 1. The molecule has 0 radical (unpaired) electrons. The first kappa shape index (κ1) is 21.1. The highest BCUT2D eigenvalue weighted by molar-refractivity contribution is 7.13. The highest BCUT2D eigenvalue weighted by Gasteiger charge is 2.24. The number of hydrogen-bond donors (Lipinski definition) is 0. The van der Waals surface area contributed by atoms with E-state index in [-0.39, 0.29) is 5.91 Å². The Morgan fingerprint density at radius 3 is 2.47 bits per heavy atom. The third kappa shape index (κ3) is 5.13. The van der Waals surface area contributed by atoms with Crippen molar-refractivity contribution in [1.29, 1.82) is 0 Å². The number of thiazole rings is 1. The fourth-order valence-electron chi connectivity index (χ4n) is 4.11. The fraction of sp³-hybridized carbons (Fsp3) is 0.565. The zero-order valence-corrected chi connectivity index (χ0v) is 18.9. The van der Waals surface area contributed by atoms with E-state index in [0.29, 0.717) is 6.61 Å². The monoisotopic (exact) mass is 428 g/mol. The maximum atomic E-state index is 12.8. The molecular formula is C23H32N4O2S. The molecule has 7 heteroatoms. The Morgan fingerprint density at radius 1 is 1.10 bits per heavy atom. The van der Waals surface area contributed by atoms with E-state index in [9.17, 15) is 4.79 Å². The van der Waals surface area contributed by atoms with E-state index >= 15 is 0 Å². The molecule has 0 saturated carbocycles. The molecule has 1 aromatic heterocycles. The summed E-state index contributed by atoms with van der Waals surface area (Å²) in [6.07, 6.45) is 2.59. The van der Waals surface area contributed by atoms with Gasteiger partial charge in [-0.15, -0.1) is 11.3 Å². The zero-order valence-electron chi connectivity index (χ0n) is 18.0. The van der Waals surface area contributed by atoms with Gasteiger partial charge >= 0.3 is 0 Å². The summed E-state index contributed by atoms with van der Waals surface area (Å²) in [5.74, 6) is 1.75. The lowest BCUT2D eigenvalue weighted by molar-refractivity contribution is 0.0746. The Hall–Kier alpha value is -2.12. The van der Waals surface area contributed by atoms with Crippen molar-refractivity contribution in [1.82, 2.24) is 14.8 Å². The highest BCUT2D eigenvalue weighted by atomic mass is 32.1. The smallest absolute Gasteiger partial charge is 0.253 e. The van der Waals surface area contributed by atoms with E-state index in [4.69, 9.17) is 9.72 Å². The van der Waals surface area contributed by atoms with Gasteiger partial charge in [-0.1, -0.05) is 6.92 Å². The Labute approximate surface area is 183 Å². The summed E-state index contributed by atoms with van der Waals surface area (Å²) < 4.78 is 5.46. The van der Waals surface area contributed by atoms with Crippen molar-refractivity contribution < 1.29 is 9.53 Å². The molecular weight excluding hydrogens is 396 g/mol. The summed E-state index contributed by atoms with van der Waals surface area (Å²) in [7, 11) is 0. The molecule has 0 aliphatic carbocycles. The number of likely N-dealkylation sites (tertiary alicyclic amines) is 1. The molecule has 1 aromatic carbocycles. The van der Waals surface area contributed by atoms with Crippen molar-refractivity contribution in [2.75, 3.05) is 50.8 Å². The third-order valence-electron chi connectivity index (χ3n) is 6.05. The van der Waals surface area contributed by atoms with E-state index in [0.717, 1.165) is 55.1 Å². The number of nitrogens with zero attached hydrogens (tertiary/aromatic N) is 4. The Balaban J connectivity index is 1.28. The molecule has 1 amide bonds. The van der Waals surface area contributed by atoms with Crippen molar-refractivity contribution >= 4 is 22.4 Å². The molecule has 2 saturated heterocycles. The molecule has 3 heterocycles. The van der Waals surface area contributed by atoms with Crippen molar-refractivity contribution in [2.45, 2.75) is 33.2 Å². The topological polar surface area (TPSA) is 48.9 Å². The first-order valence-electron chi connectivity index (χ1n) is 11.1. The zero-order chi connectivity index (χ0) is 20.9. The molecule has 4 rings (SSSR count). The van der Waals surface area contributed by atoms with Gasteiger partial charge in [-0.3, -0.25) is 9.69 Å². The molecule has 0 atom stereocenters. The van der Waals surface area contributed by atoms with Crippen LogP contribution in [-0.4, -0.2) is 66.6 Å². The third-order valence-corrected chi connectivity index (χ3v) is 7.00. The van der Waals surface area contributed by atoms with Crippen LogP contribution >= 0.6 is 11.3 Å². The van der Waals surface area contributed by atoms with E-state index in [1.165, 1.54) is 31.6 Å². The van der Waals surface area contributed by atoms with Crippen molar-refractivity contribution in [3.05, 3.63) is 40.9 Å². The van der Waals surface area contributed by atoms with Crippen LogP contribution in [0.3, 0.4) is 0 Å². The van der Waals surface area contributed by atoms with Crippen LogP contribution in [0.1, 0.15) is 42.7 Å². The van der Waals surface area contributed by atoms with E-state index in [1.54, 1.807) is 11.3 Å². The SMILES string of the molecule is CCOc1ccc(C(=O)N2CCN(c3nc(CN4CCC(C)CC4)cs3)CC2)cc1. The van der Waals surface area contributed by atoms with Crippen LogP contribution in [0.4, 0.5) is 5.13 Å². The summed E-state index contributed by atoms with van der Waals surface area (Å²) in [4.78, 5) is 24.5. The summed E-state index contributed by atoms with van der Waals surface area (Å²) in [5, 5.41) is 3.29. The number of carbonyl (C=O) groups excluding carboxylic acids is 1. The van der Waals surface area contributed by atoms with E-state index < -0.39 is 0 Å². The minimum absolute atomic E-state index is 0.0943. The van der Waals surface area contributed by atoms with E-state index in [1.807, 2.05) is 36.1 Å². The number of amides is 1. The summed E-state index contributed by atoms with van der Waals surface area (Å²) >= 11 is 1.73. The van der Waals surface area contributed by atoms with Crippen LogP contribution in [0.5, 0.6) is 5.75 Å². The summed E-state index contributed by atoms with van der Waals surface area (Å²) in [5.41, 5.74) is 1.90. The van der Waals surface area contributed by atoms with Crippen LogP contribution in [0.2, 0.25) is 0 Å². The van der Waals surface area contributed by atoms with Gasteiger partial charge in [0.05, 0.1) is 12.3 Å². The molecule has 0 unspecified atom stereocenters. The molecule has 0 N–H and O–H groups in total. The van der Waals surface area contributed by atoms with Crippen molar-refractivity contribution in [2.24, 2.45) is 5.92 Å². The quantitative estimate of drug-likeness (QED) is 0.702. The van der Waals surface area contributed by atoms with Crippen LogP contribution in [0.15, 0.2) is 29.6 Å². The van der Waals surface area contributed by atoms with Gasteiger partial charge in [0.2, 0.25) is 0 Å². The largest absolute Gasteiger partial charge is 0.494 e. The fourth-order valence-corrected chi connectivity index (χ4v) is 4.98. The highest BCUT2D eigenvalue weighted by Crippen LogP contribution is 2.25. The number of ether oxygens (including phenoxy) is 1. The minimum atomic E-state index is 0.0943. The molecule has 2 aliphatic rings. The van der Waals surface area contributed by atoms with Gasteiger partial charge in [0, 0.05) is 43.7 Å². The molecule has 6 nitrogen and oxygen atoms in total. The predicted octanol–water partition coefficient (Wildman–Crippen LogP) is 3.74. The van der Waals surface area contributed by atoms with Gasteiger partial charge in [-0.05, 0) is 63.0 Å². The number of aromatic nitrogens is 1. The number of hydrogen-bond acceptors (Lipinski definition) is 6. The maximum absolute atomic E-state index is 12.8. The number of anilines is 1. The maximum Gasteiger partial charge on any atom is 0.253 e. The van der Waals surface area contributed by atoms with Crippen LogP contribution in [0, 0.1) is 5.92 Å². The Kier molecular flexibility index (Phi) is 6.89. The van der Waals surface area contributed by atoms with Crippen LogP contribution < -0.4 is 9.64 Å². The van der Waals surface area contributed by atoms with Crippen LogP contribution in [0.25, 0.3) is 0 Å². The van der Waals surface area contributed by atoms with E-state index in [2.05, 4.69) is 22.1 Å². The van der Waals surface area contributed by atoms with Crippen LogP contribution in [-0.2, 0) is 6.54 Å². The molecule has 2 aliphatic heterocycles. The first-order valence-corrected chi connectivity index (χ1v) is 11.9. The number of rotatable bonds is 6. The molecule has 0 spiro atoms. The second-order valence-corrected chi connectivity index (χ2v) is 9.15. The molecule has 30 heavy (non-hydrogen) atoms. The Bertz CT molecular complexity index is 822. The standard InChI is InChI=1S/C23H32N4O2S/c1-3-29-21-6-4-19(5-7-21)22(28)26-12-14-27(15-13-26)23-24-20(17-30-23)16-25-10-8-18(2)9-11-25/h4-7,17-18H,3,8-16H2,1-2H3. The normalized spacial score (nSPS) is 18.6. The lowest BCUT2D eigenvalue weighted by Gasteiger charge is -2.34. The minimum Gasteiger partial charge on any atom is -0.494 e. The second-order valence-electron chi connectivity index (χ2n) is 8.32. The predicted molar refractivity (Wildman–Crippen MR) is 122 cm³/mol. The Morgan fingerprint density at radius 2 is 1.80 bits per heavy atom. The number of carbonyl (C=O) groups is 1. The molecule has 162 valence electrons. The lowest BCUT2D eigenvalue weighted by atomic mass is 9.99. The lowest BCUT2D eigenvalue weighted by Crippen LogP contribution is -2.48. The van der Waals surface area contributed by atoms with Gasteiger partial charge < -0.3 is 14.5 Å². The first-order chi connectivity index (χ1) is 14.6. The van der Waals surface area contributed by atoms with Crippen molar-refractivity contribution in [3.63, 3.8) is 0 Å². The molecule has 0 bridgehead atoms. The molecule has 2 fully saturated rings. The average Bonchev–Trinajstić information content (AvgIpc) is 3.24.